The van der Waals surface area contributed by atoms with Gasteiger partial charge in [0.2, 0.25) is 0 Å². The third-order valence-corrected chi connectivity index (χ3v) is 6.55. The van der Waals surface area contributed by atoms with Gasteiger partial charge in [-0.3, -0.25) is 0 Å². The van der Waals surface area contributed by atoms with Crippen molar-refractivity contribution in [3.05, 3.63) is 66.2 Å². The zero-order valence-corrected chi connectivity index (χ0v) is 21.0. The van der Waals surface area contributed by atoms with Crippen LogP contribution in [-0.2, 0) is 4.74 Å². The highest BCUT2D eigenvalue weighted by molar-refractivity contribution is 5.70. The molecule has 4 rings (SSSR count). The van der Waals surface area contributed by atoms with Crippen LogP contribution in [0.4, 0.5) is 9.59 Å². The van der Waals surface area contributed by atoms with E-state index in [1.807, 2.05) is 49.9 Å². The molecule has 1 N–H and O–H groups in total. The molecular weight excluding hydrogens is 442 g/mol. The second-order valence-electron chi connectivity index (χ2n) is 10.4. The maximum Gasteiger partial charge on any atom is 0.412 e. The molecular formula is C28H37N3O4. The number of rotatable bonds is 7. The van der Waals surface area contributed by atoms with Crippen molar-refractivity contribution in [2.45, 2.75) is 63.6 Å². The normalized spacial score (nSPS) is 20.7. The molecule has 7 heteroatoms. The fourth-order valence-electron chi connectivity index (χ4n) is 4.79. The van der Waals surface area contributed by atoms with E-state index in [0.717, 1.165) is 38.9 Å². The maximum absolute atomic E-state index is 13.2. The van der Waals surface area contributed by atoms with Gasteiger partial charge in [0.1, 0.15) is 11.4 Å². The van der Waals surface area contributed by atoms with Gasteiger partial charge in [-0.15, -0.1) is 0 Å². The number of para-hydroxylation sites is 1. The van der Waals surface area contributed by atoms with E-state index in [4.69, 9.17) is 9.47 Å². The van der Waals surface area contributed by atoms with Crippen LogP contribution in [0.15, 0.2) is 60.7 Å². The summed E-state index contributed by atoms with van der Waals surface area (Å²) < 4.78 is 11.1. The molecule has 188 valence electrons. The highest BCUT2D eigenvalue weighted by atomic mass is 16.6. The van der Waals surface area contributed by atoms with Gasteiger partial charge >= 0.3 is 12.2 Å². The molecule has 1 heterocycles. The highest BCUT2D eigenvalue weighted by Crippen LogP contribution is 2.46. The number of benzene rings is 2. The van der Waals surface area contributed by atoms with Crippen molar-refractivity contribution in [2.24, 2.45) is 0 Å². The molecule has 1 saturated carbocycles. The second-order valence-corrected chi connectivity index (χ2v) is 10.4. The largest absolute Gasteiger partial charge is 0.444 e. The van der Waals surface area contributed by atoms with Crippen LogP contribution in [0.25, 0.3) is 0 Å². The molecule has 7 nitrogen and oxygen atoms in total. The minimum absolute atomic E-state index is 0.163. The number of piperidine rings is 1. The number of carbonyl (C=O) groups is 2. The Labute approximate surface area is 208 Å². The standard InChI is InChI=1S/C28H37N3O4/c1-28(2,3)35-27(33)31(25-20-24(25)21-10-6-4-7-11-21)22-14-17-30(18-15-22)19-16-29-26(32)34-23-12-8-5-9-13-23/h4-13,22,24-25H,14-20H2,1-3H3,(H,29,32)/t24-,25+/m0/s1. The van der Waals surface area contributed by atoms with Gasteiger partial charge < -0.3 is 24.6 Å². The Balaban J connectivity index is 1.27. The lowest BCUT2D eigenvalue weighted by molar-refractivity contribution is 0.00533. The number of hydrogen-bond donors (Lipinski definition) is 1. The van der Waals surface area contributed by atoms with Crippen molar-refractivity contribution in [3.63, 3.8) is 0 Å². The minimum atomic E-state index is -0.521. The lowest BCUT2D eigenvalue weighted by atomic mass is 10.0. The fraction of sp³-hybridized carbons (Fsp3) is 0.500. The summed E-state index contributed by atoms with van der Waals surface area (Å²) in [5.74, 6) is 0.906. The smallest absolute Gasteiger partial charge is 0.412 e. The molecule has 1 saturated heterocycles. The third kappa shape index (κ3) is 7.21. The Morgan fingerprint density at radius 3 is 2.26 bits per heavy atom. The molecule has 35 heavy (non-hydrogen) atoms. The monoisotopic (exact) mass is 479 g/mol. The lowest BCUT2D eigenvalue weighted by Gasteiger charge is -2.39. The number of likely N-dealkylation sites (tertiary alicyclic amines) is 1. The van der Waals surface area contributed by atoms with Crippen LogP contribution in [0.1, 0.15) is 51.5 Å². The van der Waals surface area contributed by atoms with E-state index in [9.17, 15) is 9.59 Å². The molecule has 2 aromatic carbocycles. The van der Waals surface area contributed by atoms with Crippen molar-refractivity contribution in [1.82, 2.24) is 15.1 Å². The first-order valence-corrected chi connectivity index (χ1v) is 12.6. The number of nitrogens with zero attached hydrogens (tertiary/aromatic N) is 2. The van der Waals surface area contributed by atoms with E-state index in [2.05, 4.69) is 34.5 Å². The van der Waals surface area contributed by atoms with Crippen LogP contribution in [-0.4, -0.2) is 65.9 Å². The topological polar surface area (TPSA) is 71.1 Å². The Bertz CT molecular complexity index is 969. The van der Waals surface area contributed by atoms with Crippen molar-refractivity contribution in [1.29, 1.82) is 0 Å². The van der Waals surface area contributed by atoms with E-state index in [1.165, 1.54) is 5.56 Å². The van der Waals surface area contributed by atoms with Crippen molar-refractivity contribution >= 4 is 12.2 Å². The molecule has 0 radical (unpaired) electrons. The van der Waals surface area contributed by atoms with Gasteiger partial charge in [-0.05, 0) is 57.7 Å². The third-order valence-electron chi connectivity index (χ3n) is 6.55. The summed E-state index contributed by atoms with van der Waals surface area (Å²) in [7, 11) is 0. The van der Waals surface area contributed by atoms with E-state index in [0.29, 0.717) is 18.2 Å². The van der Waals surface area contributed by atoms with Gasteiger partial charge in [0.25, 0.3) is 0 Å². The van der Waals surface area contributed by atoms with E-state index < -0.39 is 11.7 Å². The molecule has 0 aromatic heterocycles. The van der Waals surface area contributed by atoms with Gasteiger partial charge in [-0.1, -0.05) is 48.5 Å². The molecule has 0 unspecified atom stereocenters. The zero-order valence-electron chi connectivity index (χ0n) is 21.0. The molecule has 2 aliphatic rings. The summed E-state index contributed by atoms with van der Waals surface area (Å²) in [6, 6.07) is 19.8. The van der Waals surface area contributed by atoms with E-state index in [-0.39, 0.29) is 18.2 Å². The quantitative estimate of drug-likeness (QED) is 0.603. The molecule has 1 aliphatic carbocycles. The number of carbonyl (C=O) groups excluding carboxylic acids is 2. The van der Waals surface area contributed by atoms with Gasteiger partial charge in [-0.25, -0.2) is 9.59 Å². The van der Waals surface area contributed by atoms with Gasteiger partial charge in [-0.2, -0.15) is 0 Å². The predicted molar refractivity (Wildman–Crippen MR) is 136 cm³/mol. The van der Waals surface area contributed by atoms with Crippen molar-refractivity contribution in [2.75, 3.05) is 26.2 Å². The second kappa shape index (κ2) is 11.1. The Morgan fingerprint density at radius 2 is 1.63 bits per heavy atom. The average Bonchev–Trinajstić information content (AvgIpc) is 3.61. The first kappa shape index (κ1) is 25.0. The van der Waals surface area contributed by atoms with Crippen LogP contribution in [0.3, 0.4) is 0 Å². The minimum Gasteiger partial charge on any atom is -0.444 e. The van der Waals surface area contributed by atoms with Crippen LogP contribution in [0, 0.1) is 0 Å². The van der Waals surface area contributed by atoms with E-state index in [1.54, 1.807) is 12.1 Å². The Morgan fingerprint density at radius 1 is 1.00 bits per heavy atom. The number of nitrogens with one attached hydrogen (secondary N) is 1. The SMILES string of the molecule is CC(C)(C)OC(=O)N(C1CCN(CCNC(=O)Oc2ccccc2)CC1)[C@@H]1C[C@H]1c1ccccc1. The number of hydrogen-bond acceptors (Lipinski definition) is 5. The highest BCUT2D eigenvalue weighted by Gasteiger charge is 2.48. The first-order valence-electron chi connectivity index (χ1n) is 12.6. The first-order chi connectivity index (χ1) is 16.8. The summed E-state index contributed by atoms with van der Waals surface area (Å²) in [6.45, 7) is 8.78. The molecule has 2 fully saturated rings. The Kier molecular flexibility index (Phi) is 7.96. The summed E-state index contributed by atoms with van der Waals surface area (Å²) in [5, 5.41) is 2.82. The van der Waals surface area contributed by atoms with Crippen LogP contribution < -0.4 is 10.1 Å². The molecule has 0 spiro atoms. The predicted octanol–water partition coefficient (Wildman–Crippen LogP) is 5.03. The average molecular weight is 480 g/mol. The van der Waals surface area contributed by atoms with Crippen molar-refractivity contribution in [3.8, 4) is 5.75 Å². The summed E-state index contributed by atoms with van der Waals surface area (Å²) in [5.41, 5.74) is 0.768. The Hall–Kier alpha value is -3.06. The zero-order chi connectivity index (χ0) is 24.8. The van der Waals surface area contributed by atoms with E-state index >= 15 is 0 Å². The summed E-state index contributed by atoms with van der Waals surface area (Å²) in [4.78, 5) is 29.6. The molecule has 2 amide bonds. The van der Waals surface area contributed by atoms with Crippen LogP contribution in [0.2, 0.25) is 0 Å². The molecule has 2 atom stereocenters. The molecule has 0 bridgehead atoms. The van der Waals surface area contributed by atoms with Gasteiger partial charge in [0, 0.05) is 44.2 Å². The van der Waals surface area contributed by atoms with Gasteiger partial charge in [0.05, 0.1) is 0 Å². The maximum atomic E-state index is 13.2. The summed E-state index contributed by atoms with van der Waals surface area (Å²) in [6.07, 6.45) is 2.13. The van der Waals surface area contributed by atoms with Crippen LogP contribution in [0.5, 0.6) is 5.75 Å². The number of ether oxygens (including phenoxy) is 2. The lowest BCUT2D eigenvalue weighted by Crippen LogP contribution is -2.51. The van der Waals surface area contributed by atoms with Crippen molar-refractivity contribution < 1.29 is 19.1 Å². The van der Waals surface area contributed by atoms with Gasteiger partial charge in [0.15, 0.2) is 0 Å². The fourth-order valence-corrected chi connectivity index (χ4v) is 4.79. The molecule has 1 aliphatic heterocycles. The summed E-state index contributed by atoms with van der Waals surface area (Å²) >= 11 is 0. The number of amides is 2. The van der Waals surface area contributed by atoms with Crippen LogP contribution >= 0.6 is 0 Å². The molecule has 2 aromatic rings.